The molecule has 2 amide bonds. The molecule has 65 valence electrons. The molecule has 8 heteroatoms. The third kappa shape index (κ3) is 1.21. The zero-order valence-corrected chi connectivity index (χ0v) is 6.24. The minimum absolute atomic E-state index is 1.44. The van der Waals surface area contributed by atoms with Gasteiger partial charge in [-0.2, -0.15) is 13.7 Å². The molecule has 1 fully saturated rings. The first-order chi connectivity index (χ1) is 5.34. The van der Waals surface area contributed by atoms with Crippen LogP contribution in [0.15, 0.2) is 0 Å². The molecule has 1 aliphatic rings. The summed E-state index contributed by atoms with van der Waals surface area (Å²) in [4.78, 5) is 31.4. The average Bonchev–Trinajstić information content (AvgIpc) is 2.05. The number of carbonyl (C=O) groups excluding carboxylic acids is 3. The van der Waals surface area contributed by atoms with Crippen LogP contribution < -0.4 is 5.32 Å². The first-order valence-corrected chi connectivity index (χ1v) is 4.14. The lowest BCUT2D eigenvalue weighted by Crippen LogP contribution is -2.32. The molecule has 1 N–H and O–H groups in total. The van der Waals surface area contributed by atoms with Gasteiger partial charge in [-0.3, -0.25) is 18.9 Å². The molecule has 0 saturated carbocycles. The molecule has 0 spiro atoms. The molecule has 7 nitrogen and oxygen atoms in total. The number of imide groups is 1. The summed E-state index contributed by atoms with van der Waals surface area (Å²) in [5.74, 6) is -4.39. The fourth-order valence-electron chi connectivity index (χ4n) is 0.701. The number of hydrogen-bond acceptors (Lipinski definition) is 5. The van der Waals surface area contributed by atoms with Gasteiger partial charge in [-0.25, -0.2) is 0 Å². The lowest BCUT2D eigenvalue weighted by Gasteiger charge is -1.96. The van der Waals surface area contributed by atoms with Gasteiger partial charge in [0.1, 0.15) is 0 Å². The highest BCUT2D eigenvalue weighted by Gasteiger charge is 2.50. The largest absolute Gasteiger partial charge is 0.318 e. The predicted molar refractivity (Wildman–Crippen MR) is 32.5 cm³/mol. The number of hydrogen-bond donors (Lipinski definition) is 1. The minimum Gasteiger partial charge on any atom is -0.286 e. The van der Waals surface area contributed by atoms with Gasteiger partial charge in [0.05, 0.1) is 0 Å². The highest BCUT2D eigenvalue weighted by molar-refractivity contribution is 7.88. The van der Waals surface area contributed by atoms with Crippen molar-refractivity contribution in [1.82, 2.24) is 5.32 Å². The number of Topliss-reactive ketones (excluding diaryl/α,β-unsaturated/α-hetero) is 1. The SMILES string of the molecule is O=C1[N]C(=O)C(S(=O)(=O)O)C1=O. The Morgan fingerprint density at radius 2 is 1.75 bits per heavy atom. The van der Waals surface area contributed by atoms with Gasteiger partial charge < -0.3 is 0 Å². The van der Waals surface area contributed by atoms with E-state index in [1.54, 1.807) is 0 Å². The Morgan fingerprint density at radius 3 is 1.92 bits per heavy atom. The topological polar surface area (TPSA) is 120 Å². The van der Waals surface area contributed by atoms with Crippen molar-refractivity contribution in [2.75, 3.05) is 0 Å². The van der Waals surface area contributed by atoms with Gasteiger partial charge in [0.25, 0.3) is 21.8 Å². The number of amides is 2. The standard InChI is InChI=1S/C4H2NO6S/c6-1-2(12(9,10)11)4(8)5-3(1)7/h2H,(H,9,10,11). The third-order valence-corrected chi connectivity index (χ3v) is 2.19. The van der Waals surface area contributed by atoms with Gasteiger partial charge >= 0.3 is 5.91 Å². The monoisotopic (exact) mass is 192 g/mol. The predicted octanol–water partition coefficient (Wildman–Crippen LogP) is -2.52. The minimum atomic E-state index is -4.85. The van der Waals surface area contributed by atoms with E-state index < -0.39 is 33.0 Å². The summed E-state index contributed by atoms with van der Waals surface area (Å²) in [6.45, 7) is 0. The summed E-state index contributed by atoms with van der Waals surface area (Å²) in [5.41, 5.74) is 0. The maximum absolute atomic E-state index is 10.6. The third-order valence-electron chi connectivity index (χ3n) is 1.18. The van der Waals surface area contributed by atoms with Crippen molar-refractivity contribution in [3.05, 3.63) is 0 Å². The molecular formula is C4H2NO6S. The number of ketones is 1. The van der Waals surface area contributed by atoms with E-state index in [0.29, 0.717) is 0 Å². The molecule has 1 heterocycles. The molecule has 1 atom stereocenters. The lowest BCUT2D eigenvalue weighted by molar-refractivity contribution is -0.135. The molecule has 0 aromatic heterocycles. The molecule has 1 unspecified atom stereocenters. The normalized spacial score (nSPS) is 24.4. The van der Waals surface area contributed by atoms with Crippen LogP contribution in [0.3, 0.4) is 0 Å². The summed E-state index contributed by atoms with van der Waals surface area (Å²) in [6.07, 6.45) is 0. The molecule has 1 saturated heterocycles. The highest BCUT2D eigenvalue weighted by atomic mass is 32.2. The molecule has 1 rings (SSSR count). The quantitative estimate of drug-likeness (QED) is 0.212. The van der Waals surface area contributed by atoms with Crippen LogP contribution in [-0.4, -0.2) is 35.8 Å². The van der Waals surface area contributed by atoms with Gasteiger partial charge in [0.2, 0.25) is 5.25 Å². The van der Waals surface area contributed by atoms with E-state index in [2.05, 4.69) is 5.32 Å². The number of nitrogens with zero attached hydrogens (tertiary/aromatic N) is 1. The molecule has 0 aliphatic carbocycles. The van der Waals surface area contributed by atoms with Gasteiger partial charge in [-0.15, -0.1) is 0 Å². The molecule has 12 heavy (non-hydrogen) atoms. The Kier molecular flexibility index (Phi) is 1.73. The zero-order valence-electron chi connectivity index (χ0n) is 5.42. The van der Waals surface area contributed by atoms with Gasteiger partial charge in [0.15, 0.2) is 0 Å². The van der Waals surface area contributed by atoms with Gasteiger partial charge in [-0.05, 0) is 0 Å². The van der Waals surface area contributed by atoms with Crippen LogP contribution in [0.25, 0.3) is 0 Å². The van der Waals surface area contributed by atoms with E-state index >= 15 is 0 Å². The maximum atomic E-state index is 10.6. The Hall–Kier alpha value is -1.28. The van der Waals surface area contributed by atoms with E-state index in [1.165, 1.54) is 0 Å². The van der Waals surface area contributed by atoms with Crippen LogP contribution in [0.5, 0.6) is 0 Å². The van der Waals surface area contributed by atoms with Gasteiger partial charge in [-0.1, -0.05) is 0 Å². The summed E-state index contributed by atoms with van der Waals surface area (Å²) in [6, 6.07) is 0. The first-order valence-electron chi connectivity index (χ1n) is 2.64. The zero-order chi connectivity index (χ0) is 9.52. The van der Waals surface area contributed by atoms with Crippen molar-refractivity contribution in [2.24, 2.45) is 0 Å². The van der Waals surface area contributed by atoms with E-state index in [0.717, 1.165) is 0 Å². The van der Waals surface area contributed by atoms with Crippen molar-refractivity contribution in [3.8, 4) is 0 Å². The molecule has 0 bridgehead atoms. The van der Waals surface area contributed by atoms with E-state index in [4.69, 9.17) is 4.55 Å². The van der Waals surface area contributed by atoms with Crippen molar-refractivity contribution in [3.63, 3.8) is 0 Å². The number of carbonyl (C=O) groups is 3. The maximum Gasteiger partial charge on any atom is 0.318 e. The number of rotatable bonds is 1. The molecule has 1 aliphatic heterocycles. The summed E-state index contributed by atoms with van der Waals surface area (Å²) in [5, 5.41) is 0.209. The Balaban J connectivity index is 3.17. The van der Waals surface area contributed by atoms with Crippen LogP contribution in [0, 0.1) is 0 Å². The van der Waals surface area contributed by atoms with Crippen LogP contribution in [0.2, 0.25) is 0 Å². The van der Waals surface area contributed by atoms with Gasteiger partial charge in [0, 0.05) is 0 Å². The van der Waals surface area contributed by atoms with E-state index in [9.17, 15) is 22.8 Å². The second-order valence-electron chi connectivity index (χ2n) is 2.01. The molecule has 1 radical (unpaired) electrons. The summed E-state index contributed by atoms with van der Waals surface area (Å²) in [7, 11) is -4.85. The van der Waals surface area contributed by atoms with Crippen molar-refractivity contribution < 1.29 is 27.4 Å². The van der Waals surface area contributed by atoms with E-state index in [1.807, 2.05) is 0 Å². The Morgan fingerprint density at radius 1 is 1.25 bits per heavy atom. The van der Waals surface area contributed by atoms with Crippen LogP contribution in [0.1, 0.15) is 0 Å². The summed E-state index contributed by atoms with van der Waals surface area (Å²) >= 11 is 0. The van der Waals surface area contributed by atoms with E-state index in [-0.39, 0.29) is 0 Å². The second kappa shape index (κ2) is 2.35. The second-order valence-corrected chi connectivity index (χ2v) is 3.52. The fraction of sp³-hybridized carbons (Fsp3) is 0.250. The summed E-state index contributed by atoms with van der Waals surface area (Å²) < 4.78 is 28.9. The average molecular weight is 192 g/mol. The highest BCUT2D eigenvalue weighted by Crippen LogP contribution is 2.08. The van der Waals surface area contributed by atoms with Crippen molar-refractivity contribution in [2.45, 2.75) is 5.25 Å². The Bertz CT molecular complexity index is 367. The Labute approximate surface area is 66.5 Å². The van der Waals surface area contributed by atoms with Crippen LogP contribution in [0.4, 0.5) is 0 Å². The first kappa shape index (κ1) is 8.81. The fourth-order valence-corrected chi connectivity index (χ4v) is 1.38. The molecular weight excluding hydrogens is 190 g/mol. The van der Waals surface area contributed by atoms with Crippen LogP contribution in [-0.2, 0) is 24.5 Å². The smallest absolute Gasteiger partial charge is 0.286 e. The van der Waals surface area contributed by atoms with Crippen molar-refractivity contribution >= 4 is 27.7 Å². The molecule has 0 aromatic rings. The van der Waals surface area contributed by atoms with Crippen LogP contribution >= 0.6 is 0 Å². The lowest BCUT2D eigenvalue weighted by atomic mass is 10.3. The van der Waals surface area contributed by atoms with Crippen molar-refractivity contribution in [1.29, 1.82) is 0 Å². The molecule has 0 aromatic carbocycles.